The standard InChI is InChI=1S/C10H9NO2S/c12-10(9-4-1-5-13-9)11-7-8-3-2-6-14-8/h1-6H,7H2,(H,11,12). The third kappa shape index (κ3) is 2.03. The van der Waals surface area contributed by atoms with Crippen molar-refractivity contribution in [3.63, 3.8) is 0 Å². The molecule has 72 valence electrons. The SMILES string of the molecule is O=C(NCc1cccs1)c1ccco1. The molecule has 0 aromatic carbocycles. The second-order valence-corrected chi connectivity index (χ2v) is 3.77. The molecule has 2 aromatic heterocycles. The highest BCUT2D eigenvalue weighted by molar-refractivity contribution is 7.09. The molecule has 0 spiro atoms. The lowest BCUT2D eigenvalue weighted by atomic mass is 10.4. The number of rotatable bonds is 3. The number of carbonyl (C=O) groups excluding carboxylic acids is 1. The van der Waals surface area contributed by atoms with Crippen molar-refractivity contribution in [2.45, 2.75) is 6.54 Å². The zero-order valence-electron chi connectivity index (χ0n) is 7.40. The topological polar surface area (TPSA) is 42.2 Å². The zero-order valence-corrected chi connectivity index (χ0v) is 8.21. The third-order valence-electron chi connectivity index (χ3n) is 1.75. The van der Waals surface area contributed by atoms with E-state index in [0.717, 1.165) is 4.88 Å². The first-order valence-corrected chi connectivity index (χ1v) is 5.08. The molecule has 3 nitrogen and oxygen atoms in total. The lowest BCUT2D eigenvalue weighted by Gasteiger charge is -1.99. The highest BCUT2D eigenvalue weighted by Crippen LogP contribution is 2.08. The van der Waals surface area contributed by atoms with Crippen LogP contribution >= 0.6 is 11.3 Å². The van der Waals surface area contributed by atoms with Crippen molar-refractivity contribution in [3.8, 4) is 0 Å². The van der Waals surface area contributed by atoms with E-state index in [1.165, 1.54) is 6.26 Å². The molecule has 2 heterocycles. The molecule has 4 heteroatoms. The molecule has 2 rings (SSSR count). The summed E-state index contributed by atoms with van der Waals surface area (Å²) in [6, 6.07) is 7.27. The molecule has 0 bridgehead atoms. The summed E-state index contributed by atoms with van der Waals surface area (Å²) >= 11 is 1.62. The summed E-state index contributed by atoms with van der Waals surface area (Å²) < 4.78 is 4.96. The van der Waals surface area contributed by atoms with Crippen LogP contribution in [-0.4, -0.2) is 5.91 Å². The summed E-state index contributed by atoms with van der Waals surface area (Å²) in [5.41, 5.74) is 0. The minimum Gasteiger partial charge on any atom is -0.459 e. The highest BCUT2D eigenvalue weighted by Gasteiger charge is 2.07. The molecule has 1 amide bonds. The summed E-state index contributed by atoms with van der Waals surface area (Å²) in [6.45, 7) is 0.553. The smallest absolute Gasteiger partial charge is 0.287 e. The van der Waals surface area contributed by atoms with E-state index in [2.05, 4.69) is 5.32 Å². The van der Waals surface area contributed by atoms with E-state index < -0.39 is 0 Å². The molecule has 2 aromatic rings. The molecule has 0 radical (unpaired) electrons. The second-order valence-electron chi connectivity index (χ2n) is 2.74. The van der Waals surface area contributed by atoms with Crippen LogP contribution in [0.3, 0.4) is 0 Å². The summed E-state index contributed by atoms with van der Waals surface area (Å²) in [6.07, 6.45) is 1.49. The van der Waals surface area contributed by atoms with E-state index in [0.29, 0.717) is 12.3 Å². The van der Waals surface area contributed by atoms with Crippen molar-refractivity contribution in [1.29, 1.82) is 0 Å². The molecule has 0 unspecified atom stereocenters. The van der Waals surface area contributed by atoms with Crippen molar-refractivity contribution >= 4 is 17.2 Å². The Hall–Kier alpha value is -1.55. The molecule has 0 saturated heterocycles. The number of hydrogen-bond donors (Lipinski definition) is 1. The van der Waals surface area contributed by atoms with E-state index in [1.807, 2.05) is 17.5 Å². The molecule has 1 N–H and O–H groups in total. The maximum Gasteiger partial charge on any atom is 0.287 e. The molecular formula is C10H9NO2S. The molecule has 0 aliphatic carbocycles. The lowest BCUT2D eigenvalue weighted by Crippen LogP contribution is -2.21. The van der Waals surface area contributed by atoms with Crippen molar-refractivity contribution in [2.24, 2.45) is 0 Å². The summed E-state index contributed by atoms with van der Waals surface area (Å²) in [5, 5.41) is 4.75. The number of thiophene rings is 1. The Balaban J connectivity index is 1.90. The van der Waals surface area contributed by atoms with Gasteiger partial charge in [0.2, 0.25) is 0 Å². The predicted molar refractivity (Wildman–Crippen MR) is 54.2 cm³/mol. The Bertz CT molecular complexity index is 392. The molecule has 0 aliphatic heterocycles. The normalized spacial score (nSPS) is 10.0. The average Bonchev–Trinajstić information content (AvgIpc) is 2.87. The minimum atomic E-state index is -0.177. The Labute approximate surface area is 85.4 Å². The van der Waals surface area contributed by atoms with Crippen LogP contribution in [0.1, 0.15) is 15.4 Å². The Morgan fingerprint density at radius 3 is 3.00 bits per heavy atom. The van der Waals surface area contributed by atoms with E-state index in [9.17, 15) is 4.79 Å². The number of furan rings is 1. The van der Waals surface area contributed by atoms with Gasteiger partial charge in [-0.1, -0.05) is 6.07 Å². The fourth-order valence-corrected chi connectivity index (χ4v) is 1.72. The first-order chi connectivity index (χ1) is 6.86. The van der Waals surface area contributed by atoms with Gasteiger partial charge in [-0.15, -0.1) is 11.3 Å². The second kappa shape index (κ2) is 4.11. The van der Waals surface area contributed by atoms with Crippen LogP contribution in [0.5, 0.6) is 0 Å². The maximum atomic E-state index is 11.4. The maximum absolute atomic E-state index is 11.4. The van der Waals surface area contributed by atoms with Gasteiger partial charge in [-0.05, 0) is 23.6 Å². The van der Waals surface area contributed by atoms with Gasteiger partial charge in [-0.25, -0.2) is 0 Å². The zero-order chi connectivity index (χ0) is 9.80. The number of amides is 1. The predicted octanol–water partition coefficient (Wildman–Crippen LogP) is 2.27. The van der Waals surface area contributed by atoms with Crippen molar-refractivity contribution in [3.05, 3.63) is 46.5 Å². The van der Waals surface area contributed by atoms with Gasteiger partial charge in [0.05, 0.1) is 12.8 Å². The Kier molecular flexibility index (Phi) is 2.65. The lowest BCUT2D eigenvalue weighted by molar-refractivity contribution is 0.0923. The molecule has 0 fully saturated rings. The van der Waals surface area contributed by atoms with Gasteiger partial charge in [-0.3, -0.25) is 4.79 Å². The van der Waals surface area contributed by atoms with E-state index in [1.54, 1.807) is 23.5 Å². The summed E-state index contributed by atoms with van der Waals surface area (Å²) in [7, 11) is 0. The molecule has 0 atom stereocenters. The molecule has 0 aliphatic rings. The first-order valence-electron chi connectivity index (χ1n) is 4.20. The number of hydrogen-bond acceptors (Lipinski definition) is 3. The van der Waals surface area contributed by atoms with E-state index in [-0.39, 0.29) is 5.91 Å². The van der Waals surface area contributed by atoms with Crippen molar-refractivity contribution < 1.29 is 9.21 Å². The van der Waals surface area contributed by atoms with Crippen LogP contribution in [0.2, 0.25) is 0 Å². The molecule has 0 saturated carbocycles. The van der Waals surface area contributed by atoms with Crippen LogP contribution in [0, 0.1) is 0 Å². The van der Waals surface area contributed by atoms with Gasteiger partial charge in [0.1, 0.15) is 0 Å². The van der Waals surface area contributed by atoms with Crippen molar-refractivity contribution in [2.75, 3.05) is 0 Å². The number of carbonyl (C=O) groups is 1. The van der Waals surface area contributed by atoms with Crippen LogP contribution in [0.25, 0.3) is 0 Å². The highest BCUT2D eigenvalue weighted by atomic mass is 32.1. The quantitative estimate of drug-likeness (QED) is 0.838. The van der Waals surface area contributed by atoms with Gasteiger partial charge in [-0.2, -0.15) is 0 Å². The minimum absolute atomic E-state index is 0.177. The Morgan fingerprint density at radius 1 is 1.43 bits per heavy atom. The average molecular weight is 207 g/mol. The fraction of sp³-hybridized carbons (Fsp3) is 0.100. The van der Waals surface area contributed by atoms with Gasteiger partial charge in [0, 0.05) is 4.88 Å². The van der Waals surface area contributed by atoms with Crippen LogP contribution in [-0.2, 0) is 6.54 Å². The van der Waals surface area contributed by atoms with Gasteiger partial charge >= 0.3 is 0 Å². The van der Waals surface area contributed by atoms with Crippen LogP contribution < -0.4 is 5.32 Å². The first kappa shape index (κ1) is 9.02. The third-order valence-corrected chi connectivity index (χ3v) is 2.62. The fourth-order valence-electron chi connectivity index (χ4n) is 1.08. The largest absolute Gasteiger partial charge is 0.459 e. The molecule has 14 heavy (non-hydrogen) atoms. The van der Waals surface area contributed by atoms with Gasteiger partial charge < -0.3 is 9.73 Å². The van der Waals surface area contributed by atoms with E-state index >= 15 is 0 Å². The van der Waals surface area contributed by atoms with Crippen molar-refractivity contribution in [1.82, 2.24) is 5.32 Å². The number of nitrogens with one attached hydrogen (secondary N) is 1. The van der Waals surface area contributed by atoms with Gasteiger partial charge in [0.25, 0.3) is 5.91 Å². The van der Waals surface area contributed by atoms with E-state index in [4.69, 9.17) is 4.42 Å². The van der Waals surface area contributed by atoms with Gasteiger partial charge in [0.15, 0.2) is 5.76 Å². The van der Waals surface area contributed by atoms with Crippen LogP contribution in [0.4, 0.5) is 0 Å². The monoisotopic (exact) mass is 207 g/mol. The molecular weight excluding hydrogens is 198 g/mol. The summed E-state index contributed by atoms with van der Waals surface area (Å²) in [4.78, 5) is 12.5. The van der Waals surface area contributed by atoms with Crippen LogP contribution in [0.15, 0.2) is 40.3 Å². The summed E-state index contributed by atoms with van der Waals surface area (Å²) in [5.74, 6) is 0.171. The Morgan fingerprint density at radius 2 is 2.36 bits per heavy atom.